The number of nitrogens with zero attached hydrogens (tertiary/aromatic N) is 1. The van der Waals surface area contributed by atoms with Crippen LogP contribution in [0.15, 0.2) is 36.1 Å². The quantitative estimate of drug-likeness (QED) is 0.848. The third-order valence-corrected chi connectivity index (χ3v) is 6.40. The van der Waals surface area contributed by atoms with Crippen LogP contribution in [0.4, 0.5) is 0 Å². The van der Waals surface area contributed by atoms with E-state index in [0.29, 0.717) is 17.9 Å². The van der Waals surface area contributed by atoms with Crippen molar-refractivity contribution in [2.75, 3.05) is 19.7 Å². The Kier molecular flexibility index (Phi) is 3.25. The number of ether oxygens (including phenoxy) is 1. The van der Waals surface area contributed by atoms with Gasteiger partial charge >= 0.3 is 0 Å². The van der Waals surface area contributed by atoms with Crippen molar-refractivity contribution in [2.45, 2.75) is 31.9 Å². The molecule has 2 aromatic rings. The molecule has 1 aromatic heterocycles. The summed E-state index contributed by atoms with van der Waals surface area (Å²) in [4.78, 5) is 6.32. The molecule has 3 aliphatic rings. The monoisotopic (exact) mass is 324 g/mol. The minimum Gasteiger partial charge on any atom is -0.498 e. The molecule has 2 N–H and O–H groups in total. The number of rotatable bonds is 1. The largest absolute Gasteiger partial charge is 0.498 e. The fraction of sp³-hybridized carbons (Fsp3) is 0.500. The average Bonchev–Trinajstić information content (AvgIpc) is 3.00. The van der Waals surface area contributed by atoms with E-state index >= 15 is 0 Å². The molecular weight excluding hydrogens is 300 g/mol. The van der Waals surface area contributed by atoms with Crippen molar-refractivity contribution >= 4 is 10.9 Å². The zero-order chi connectivity index (χ0) is 16.3. The Balaban J connectivity index is 1.56. The Morgan fingerprint density at radius 2 is 2.21 bits per heavy atom. The summed E-state index contributed by atoms with van der Waals surface area (Å²) >= 11 is 0. The molecule has 0 aliphatic carbocycles. The maximum atomic E-state index is 9.75. The molecule has 0 saturated carbocycles. The predicted octanol–water partition coefficient (Wildman–Crippen LogP) is 3.00. The standard InChI is InChI=1S/C20H24N2O2/c1-12-17-9-22-7-6-15-14-4-2-3-5-18(14)21-20(15)19(22)8-16(17)13(10-23)11-24-12/h2-5,11-12,16-17,19,21,23H,6-10H2,1H3/t12-,16+,17+,19-/m0/s1. The molecule has 0 unspecified atom stereocenters. The highest BCUT2D eigenvalue weighted by Crippen LogP contribution is 2.47. The second-order valence-electron chi connectivity index (χ2n) is 7.52. The molecule has 1 fully saturated rings. The lowest BCUT2D eigenvalue weighted by atomic mass is 9.72. The van der Waals surface area contributed by atoms with Gasteiger partial charge in [-0.05, 0) is 42.9 Å². The molecule has 1 aromatic carbocycles. The smallest absolute Gasteiger partial charge is 0.0996 e. The normalized spacial score (nSPS) is 32.5. The Bertz CT molecular complexity index is 809. The summed E-state index contributed by atoms with van der Waals surface area (Å²) in [5, 5.41) is 11.1. The number of benzene rings is 1. The van der Waals surface area contributed by atoms with Crippen LogP contribution in [0.1, 0.15) is 30.6 Å². The van der Waals surface area contributed by atoms with Crippen molar-refractivity contribution < 1.29 is 9.84 Å². The molecular formula is C20H24N2O2. The molecule has 3 aliphatic heterocycles. The third kappa shape index (κ3) is 1.99. The summed E-state index contributed by atoms with van der Waals surface area (Å²) in [6.45, 7) is 4.46. The van der Waals surface area contributed by atoms with Crippen LogP contribution in [-0.2, 0) is 11.2 Å². The van der Waals surface area contributed by atoms with Gasteiger partial charge in [-0.15, -0.1) is 0 Å². The molecule has 4 atom stereocenters. The van der Waals surface area contributed by atoms with Gasteiger partial charge in [-0.2, -0.15) is 0 Å². The van der Waals surface area contributed by atoms with Gasteiger partial charge in [0, 0.05) is 35.6 Å². The van der Waals surface area contributed by atoms with Gasteiger partial charge in [0.2, 0.25) is 0 Å². The molecule has 5 rings (SSSR count). The Labute approximate surface area is 142 Å². The maximum absolute atomic E-state index is 9.75. The molecule has 0 spiro atoms. The van der Waals surface area contributed by atoms with Gasteiger partial charge in [-0.3, -0.25) is 4.90 Å². The Morgan fingerprint density at radius 3 is 3.08 bits per heavy atom. The van der Waals surface area contributed by atoms with Crippen molar-refractivity contribution in [2.24, 2.45) is 11.8 Å². The average molecular weight is 324 g/mol. The fourth-order valence-corrected chi connectivity index (χ4v) is 5.11. The molecule has 0 bridgehead atoms. The zero-order valence-electron chi connectivity index (χ0n) is 14.0. The summed E-state index contributed by atoms with van der Waals surface area (Å²) in [5.41, 5.74) is 5.22. The number of hydrogen-bond acceptors (Lipinski definition) is 3. The molecule has 0 amide bonds. The van der Waals surface area contributed by atoms with Crippen LogP contribution in [0.3, 0.4) is 0 Å². The lowest BCUT2D eigenvalue weighted by Crippen LogP contribution is -2.51. The van der Waals surface area contributed by atoms with Crippen LogP contribution in [0.5, 0.6) is 0 Å². The number of piperidine rings is 1. The molecule has 4 nitrogen and oxygen atoms in total. The van der Waals surface area contributed by atoms with E-state index < -0.39 is 0 Å². The molecule has 1 saturated heterocycles. The summed E-state index contributed by atoms with van der Waals surface area (Å²) < 4.78 is 5.79. The highest BCUT2D eigenvalue weighted by Gasteiger charge is 2.44. The number of nitrogens with one attached hydrogen (secondary N) is 1. The van der Waals surface area contributed by atoms with Crippen LogP contribution in [0.25, 0.3) is 10.9 Å². The second-order valence-corrected chi connectivity index (χ2v) is 7.52. The van der Waals surface area contributed by atoms with Crippen molar-refractivity contribution in [1.29, 1.82) is 0 Å². The number of aromatic nitrogens is 1. The van der Waals surface area contributed by atoms with Gasteiger partial charge in [0.15, 0.2) is 0 Å². The fourth-order valence-electron chi connectivity index (χ4n) is 5.11. The van der Waals surface area contributed by atoms with Crippen molar-refractivity contribution in [3.63, 3.8) is 0 Å². The first-order chi connectivity index (χ1) is 11.8. The van der Waals surface area contributed by atoms with Crippen molar-refractivity contribution in [3.05, 3.63) is 47.4 Å². The van der Waals surface area contributed by atoms with Gasteiger partial charge in [-0.25, -0.2) is 0 Å². The molecule has 4 heteroatoms. The third-order valence-electron chi connectivity index (χ3n) is 6.40. The molecule has 126 valence electrons. The van der Waals surface area contributed by atoms with E-state index in [-0.39, 0.29) is 12.7 Å². The molecule has 4 heterocycles. The van der Waals surface area contributed by atoms with Gasteiger partial charge in [0.05, 0.1) is 25.0 Å². The lowest BCUT2D eigenvalue weighted by Gasteiger charge is -2.49. The first-order valence-corrected chi connectivity index (χ1v) is 9.05. The number of hydrogen-bond donors (Lipinski definition) is 2. The van der Waals surface area contributed by atoms with Gasteiger partial charge in [-0.1, -0.05) is 18.2 Å². The van der Waals surface area contributed by atoms with Crippen LogP contribution in [0.2, 0.25) is 0 Å². The Morgan fingerprint density at radius 1 is 1.33 bits per heavy atom. The predicted molar refractivity (Wildman–Crippen MR) is 93.6 cm³/mol. The maximum Gasteiger partial charge on any atom is 0.0996 e. The van der Waals surface area contributed by atoms with Crippen molar-refractivity contribution in [1.82, 2.24) is 9.88 Å². The minimum absolute atomic E-state index is 0.111. The van der Waals surface area contributed by atoms with Gasteiger partial charge in [0.25, 0.3) is 0 Å². The first kappa shape index (κ1) is 14.6. The molecule has 0 radical (unpaired) electrons. The van der Waals surface area contributed by atoms with E-state index in [4.69, 9.17) is 4.74 Å². The zero-order valence-corrected chi connectivity index (χ0v) is 14.0. The first-order valence-electron chi connectivity index (χ1n) is 9.05. The minimum atomic E-state index is 0.111. The van der Waals surface area contributed by atoms with E-state index in [1.54, 1.807) is 0 Å². The van der Waals surface area contributed by atoms with E-state index in [1.165, 1.54) is 22.2 Å². The van der Waals surface area contributed by atoms with Gasteiger partial charge in [0.1, 0.15) is 0 Å². The number of aliphatic hydroxyl groups excluding tert-OH is 1. The number of aliphatic hydroxyl groups is 1. The Hall–Kier alpha value is -1.78. The van der Waals surface area contributed by atoms with Gasteiger partial charge < -0.3 is 14.8 Å². The van der Waals surface area contributed by atoms with Crippen LogP contribution in [0, 0.1) is 11.8 Å². The van der Waals surface area contributed by atoms with E-state index in [1.807, 2.05) is 6.26 Å². The number of fused-ring (bicyclic) bond motifs is 6. The van der Waals surface area contributed by atoms with E-state index in [9.17, 15) is 5.11 Å². The summed E-state index contributed by atoms with van der Waals surface area (Å²) in [6, 6.07) is 9.08. The molecule has 24 heavy (non-hydrogen) atoms. The highest BCUT2D eigenvalue weighted by molar-refractivity contribution is 5.85. The van der Waals surface area contributed by atoms with E-state index in [0.717, 1.165) is 31.5 Å². The SMILES string of the molecule is C[C@@H]1OC=C(CO)[C@H]2C[C@H]3c4[nH]c5ccccc5c4CCN3C[C@H]12. The topological polar surface area (TPSA) is 48.5 Å². The lowest BCUT2D eigenvalue weighted by molar-refractivity contribution is -0.0268. The van der Waals surface area contributed by atoms with Crippen LogP contribution < -0.4 is 0 Å². The summed E-state index contributed by atoms with van der Waals surface area (Å²) in [5.74, 6) is 0.914. The van der Waals surface area contributed by atoms with Crippen LogP contribution in [-0.4, -0.2) is 40.8 Å². The van der Waals surface area contributed by atoms with E-state index in [2.05, 4.69) is 41.1 Å². The summed E-state index contributed by atoms with van der Waals surface area (Å²) in [7, 11) is 0. The van der Waals surface area contributed by atoms with Crippen molar-refractivity contribution in [3.8, 4) is 0 Å². The number of para-hydroxylation sites is 1. The second kappa shape index (κ2) is 5.36. The van der Waals surface area contributed by atoms with Crippen LogP contribution >= 0.6 is 0 Å². The number of aromatic amines is 1. The summed E-state index contributed by atoms with van der Waals surface area (Å²) in [6.07, 6.45) is 4.24. The number of H-pyrrole nitrogens is 1. The highest BCUT2D eigenvalue weighted by atomic mass is 16.5.